The first-order chi connectivity index (χ1) is 14.2. The molecule has 0 nitrogen and oxygen atoms in total. The summed E-state index contributed by atoms with van der Waals surface area (Å²) in [7, 11) is 0. The molecule has 0 saturated heterocycles. The Balaban J connectivity index is 1.96. The van der Waals surface area contributed by atoms with E-state index in [1.807, 2.05) is 60.7 Å². The maximum Gasteiger partial charge on any atom is 0.166 e. The molecule has 3 aromatic rings. The Bertz CT molecular complexity index is 912. The van der Waals surface area contributed by atoms with Crippen molar-refractivity contribution in [3.63, 3.8) is 0 Å². The number of hydrogen-bond donors (Lipinski definition) is 0. The molecule has 3 rings (SSSR count). The van der Waals surface area contributed by atoms with Crippen molar-refractivity contribution < 1.29 is 8.78 Å². The van der Waals surface area contributed by atoms with E-state index >= 15 is 8.78 Å². The second-order valence-electron chi connectivity index (χ2n) is 7.69. The Hall–Kier alpha value is -2.48. The van der Waals surface area contributed by atoms with Crippen molar-refractivity contribution in [3.8, 4) is 22.3 Å². The molecule has 0 radical (unpaired) electrons. The predicted octanol–water partition coefficient (Wildman–Crippen LogP) is 8.37. The van der Waals surface area contributed by atoms with Crippen molar-refractivity contribution >= 4 is 0 Å². The van der Waals surface area contributed by atoms with Crippen LogP contribution in [0.1, 0.15) is 57.1 Å². The molecule has 0 unspecified atom stereocenters. The molecule has 0 N–H and O–H groups in total. The van der Waals surface area contributed by atoms with Crippen LogP contribution in [0.5, 0.6) is 0 Å². The summed E-state index contributed by atoms with van der Waals surface area (Å²) in [5.41, 5.74) is 4.81. The SMILES string of the molecule is CCCCCc1c(CCCC)cc(-c2ccc(-c3ccccc3)cc2)c(F)c1F. The maximum absolute atomic E-state index is 15.0. The molecule has 0 aliphatic carbocycles. The molecule has 0 aliphatic rings. The number of hydrogen-bond acceptors (Lipinski definition) is 0. The molecule has 0 bridgehead atoms. The van der Waals surface area contributed by atoms with Crippen LogP contribution in [-0.4, -0.2) is 0 Å². The second-order valence-corrected chi connectivity index (χ2v) is 7.69. The number of halogens is 2. The van der Waals surface area contributed by atoms with Crippen LogP contribution in [0.3, 0.4) is 0 Å². The van der Waals surface area contributed by atoms with Gasteiger partial charge in [0.05, 0.1) is 0 Å². The lowest BCUT2D eigenvalue weighted by Crippen LogP contribution is -2.04. The van der Waals surface area contributed by atoms with E-state index in [0.717, 1.165) is 60.8 Å². The van der Waals surface area contributed by atoms with E-state index in [1.165, 1.54) is 0 Å². The van der Waals surface area contributed by atoms with Crippen molar-refractivity contribution in [2.75, 3.05) is 0 Å². The molecule has 2 heteroatoms. The second kappa shape index (κ2) is 10.3. The molecule has 0 atom stereocenters. The molecular weight excluding hydrogens is 362 g/mol. The highest BCUT2D eigenvalue weighted by atomic mass is 19.2. The van der Waals surface area contributed by atoms with Crippen molar-refractivity contribution in [3.05, 3.63) is 83.4 Å². The Kier molecular flexibility index (Phi) is 7.57. The van der Waals surface area contributed by atoms with E-state index in [9.17, 15) is 0 Å². The topological polar surface area (TPSA) is 0 Å². The van der Waals surface area contributed by atoms with Crippen molar-refractivity contribution in [1.82, 2.24) is 0 Å². The summed E-state index contributed by atoms with van der Waals surface area (Å²) in [6.07, 6.45) is 6.44. The van der Waals surface area contributed by atoms with E-state index in [1.54, 1.807) is 0 Å². The molecule has 0 aliphatic heterocycles. The van der Waals surface area contributed by atoms with Gasteiger partial charge in [0.15, 0.2) is 11.6 Å². The van der Waals surface area contributed by atoms with Gasteiger partial charge in [-0.1, -0.05) is 87.7 Å². The third-order valence-corrected chi connectivity index (χ3v) is 5.53. The number of aryl methyl sites for hydroxylation is 1. The molecule has 0 heterocycles. The number of unbranched alkanes of at least 4 members (excludes halogenated alkanes) is 3. The average Bonchev–Trinajstić information content (AvgIpc) is 2.77. The first-order valence-electron chi connectivity index (χ1n) is 10.8. The third kappa shape index (κ3) is 5.12. The van der Waals surface area contributed by atoms with Crippen LogP contribution in [0, 0.1) is 11.6 Å². The highest BCUT2D eigenvalue weighted by molar-refractivity contribution is 5.71. The van der Waals surface area contributed by atoms with Crippen LogP contribution < -0.4 is 0 Å². The van der Waals surface area contributed by atoms with E-state index in [0.29, 0.717) is 17.5 Å². The van der Waals surface area contributed by atoms with Gasteiger partial charge in [0, 0.05) is 5.56 Å². The van der Waals surface area contributed by atoms with Crippen molar-refractivity contribution in [2.45, 2.75) is 58.8 Å². The lowest BCUT2D eigenvalue weighted by molar-refractivity contribution is 0.495. The van der Waals surface area contributed by atoms with Gasteiger partial charge in [-0.05, 0) is 59.6 Å². The standard InChI is InChI=1S/C27H30F2/c1-3-5-8-14-24-23(11-6-4-2)19-25(27(29)26(24)28)22-17-15-21(16-18-22)20-12-9-7-10-13-20/h7,9-10,12-13,15-19H,3-6,8,11,14H2,1-2H3. The minimum absolute atomic E-state index is 0.368. The summed E-state index contributed by atoms with van der Waals surface area (Å²) in [5, 5.41) is 0. The lowest BCUT2D eigenvalue weighted by Gasteiger charge is -2.15. The summed E-state index contributed by atoms with van der Waals surface area (Å²) in [4.78, 5) is 0. The Morgan fingerprint density at radius 2 is 1.24 bits per heavy atom. The van der Waals surface area contributed by atoms with Gasteiger partial charge in [-0.15, -0.1) is 0 Å². The fourth-order valence-electron chi connectivity index (χ4n) is 3.81. The zero-order chi connectivity index (χ0) is 20.6. The fraction of sp³-hybridized carbons (Fsp3) is 0.333. The van der Waals surface area contributed by atoms with Crippen molar-refractivity contribution in [2.24, 2.45) is 0 Å². The van der Waals surface area contributed by atoms with Crippen LogP contribution in [0.25, 0.3) is 22.3 Å². The quantitative estimate of drug-likeness (QED) is 0.321. The van der Waals surface area contributed by atoms with Crippen LogP contribution in [0.15, 0.2) is 60.7 Å². The van der Waals surface area contributed by atoms with Gasteiger partial charge in [0.1, 0.15) is 0 Å². The van der Waals surface area contributed by atoms with Crippen LogP contribution in [0.4, 0.5) is 8.78 Å². The van der Waals surface area contributed by atoms with E-state index in [2.05, 4.69) is 13.8 Å². The van der Waals surface area contributed by atoms with Gasteiger partial charge in [0.2, 0.25) is 0 Å². The van der Waals surface area contributed by atoms with Crippen LogP contribution >= 0.6 is 0 Å². The summed E-state index contributed by atoms with van der Waals surface area (Å²) in [6, 6.07) is 19.7. The average molecular weight is 393 g/mol. The number of rotatable bonds is 9. The van der Waals surface area contributed by atoms with Gasteiger partial charge in [-0.25, -0.2) is 8.78 Å². The van der Waals surface area contributed by atoms with Crippen LogP contribution in [0.2, 0.25) is 0 Å². The smallest absolute Gasteiger partial charge is 0.166 e. The lowest BCUT2D eigenvalue weighted by atomic mass is 9.91. The van der Waals surface area contributed by atoms with Gasteiger partial charge in [0.25, 0.3) is 0 Å². The van der Waals surface area contributed by atoms with Gasteiger partial charge >= 0.3 is 0 Å². The number of benzene rings is 3. The normalized spacial score (nSPS) is 11.0. The van der Waals surface area contributed by atoms with Gasteiger partial charge in [-0.2, -0.15) is 0 Å². The van der Waals surface area contributed by atoms with Gasteiger partial charge in [-0.3, -0.25) is 0 Å². The Morgan fingerprint density at radius 3 is 1.90 bits per heavy atom. The molecular formula is C27H30F2. The van der Waals surface area contributed by atoms with Crippen LogP contribution in [-0.2, 0) is 12.8 Å². The molecule has 0 aromatic heterocycles. The highest BCUT2D eigenvalue weighted by Gasteiger charge is 2.19. The molecule has 0 spiro atoms. The molecule has 0 saturated carbocycles. The summed E-state index contributed by atoms with van der Waals surface area (Å²) < 4.78 is 30.0. The van der Waals surface area contributed by atoms with E-state index in [4.69, 9.17) is 0 Å². The molecule has 0 amide bonds. The van der Waals surface area contributed by atoms with E-state index < -0.39 is 11.6 Å². The summed E-state index contributed by atoms with van der Waals surface area (Å²) >= 11 is 0. The van der Waals surface area contributed by atoms with Gasteiger partial charge < -0.3 is 0 Å². The molecule has 152 valence electrons. The zero-order valence-electron chi connectivity index (χ0n) is 17.5. The predicted molar refractivity (Wildman–Crippen MR) is 119 cm³/mol. The maximum atomic E-state index is 15.0. The zero-order valence-corrected chi connectivity index (χ0v) is 17.5. The first kappa shape index (κ1) is 21.2. The molecule has 0 fully saturated rings. The monoisotopic (exact) mass is 392 g/mol. The minimum atomic E-state index is -0.718. The third-order valence-electron chi connectivity index (χ3n) is 5.53. The molecule has 3 aromatic carbocycles. The molecule has 29 heavy (non-hydrogen) atoms. The Morgan fingerprint density at radius 1 is 0.621 bits per heavy atom. The highest BCUT2D eigenvalue weighted by Crippen LogP contribution is 2.32. The summed E-state index contributed by atoms with van der Waals surface area (Å²) in [6.45, 7) is 4.25. The largest absolute Gasteiger partial charge is 0.203 e. The fourth-order valence-corrected chi connectivity index (χ4v) is 3.81. The first-order valence-corrected chi connectivity index (χ1v) is 10.8. The van der Waals surface area contributed by atoms with E-state index in [-0.39, 0.29) is 0 Å². The Labute approximate surface area is 173 Å². The minimum Gasteiger partial charge on any atom is -0.203 e. The summed E-state index contributed by atoms with van der Waals surface area (Å²) in [5.74, 6) is -1.37. The van der Waals surface area contributed by atoms with Crippen molar-refractivity contribution in [1.29, 1.82) is 0 Å².